The summed E-state index contributed by atoms with van der Waals surface area (Å²) < 4.78 is 33.1. The van der Waals surface area contributed by atoms with Gasteiger partial charge in [0.1, 0.15) is 10.6 Å². The summed E-state index contributed by atoms with van der Waals surface area (Å²) in [6.45, 7) is 3.45. The Morgan fingerprint density at radius 2 is 1.50 bits per heavy atom. The van der Waals surface area contributed by atoms with Crippen LogP contribution in [0.5, 0.6) is 0 Å². The third kappa shape index (κ3) is 8.86. The van der Waals surface area contributed by atoms with Gasteiger partial charge in [0.05, 0.1) is 41.2 Å². The van der Waals surface area contributed by atoms with E-state index in [4.69, 9.17) is 60.4 Å². The molecule has 0 atom stereocenters. The van der Waals surface area contributed by atoms with Crippen molar-refractivity contribution in [3.63, 3.8) is 0 Å². The molecule has 6 N–H and O–H groups in total. The SMILES string of the molecule is Cc1nn(-c2ccc(Cl)cc2)c(N)c1N=Nc1cc(Cl)c(S(=O)(=O)O)cc1Cl.OCCN(CCO)CCO. The maximum absolute atomic E-state index is 11.3. The first-order chi connectivity index (χ1) is 17.9. The molecule has 0 spiro atoms. The van der Waals surface area contributed by atoms with E-state index >= 15 is 0 Å². The summed E-state index contributed by atoms with van der Waals surface area (Å²) >= 11 is 17.8. The molecule has 0 radical (unpaired) electrons. The third-order valence-electron chi connectivity index (χ3n) is 4.92. The Morgan fingerprint density at radius 1 is 0.947 bits per heavy atom. The molecule has 0 amide bonds. The van der Waals surface area contributed by atoms with Crippen LogP contribution in [0.2, 0.25) is 15.1 Å². The molecule has 0 aliphatic rings. The topological polar surface area (TPSA) is 187 Å². The highest BCUT2D eigenvalue weighted by molar-refractivity contribution is 7.86. The van der Waals surface area contributed by atoms with Crippen LogP contribution in [0.15, 0.2) is 51.5 Å². The highest BCUT2D eigenvalue weighted by Gasteiger charge is 2.18. The van der Waals surface area contributed by atoms with E-state index in [1.54, 1.807) is 36.1 Å². The van der Waals surface area contributed by atoms with Gasteiger partial charge >= 0.3 is 0 Å². The van der Waals surface area contributed by atoms with Crippen molar-refractivity contribution in [2.24, 2.45) is 10.2 Å². The smallest absolute Gasteiger partial charge is 0.296 e. The summed E-state index contributed by atoms with van der Waals surface area (Å²) in [6.07, 6.45) is 0. The molecule has 0 aliphatic heterocycles. The van der Waals surface area contributed by atoms with Gasteiger partial charge in [0, 0.05) is 24.7 Å². The number of aliphatic hydroxyl groups excluding tert-OH is 3. The van der Waals surface area contributed by atoms with E-state index in [1.165, 1.54) is 10.7 Å². The van der Waals surface area contributed by atoms with Gasteiger partial charge < -0.3 is 21.1 Å². The van der Waals surface area contributed by atoms with Gasteiger partial charge in [-0.15, -0.1) is 10.2 Å². The van der Waals surface area contributed by atoms with Crippen LogP contribution in [0.4, 0.5) is 17.2 Å². The average Bonchev–Trinajstić information content (AvgIpc) is 3.13. The fraction of sp³-hybridized carbons (Fsp3) is 0.318. The van der Waals surface area contributed by atoms with Gasteiger partial charge in [-0.05, 0) is 43.3 Å². The van der Waals surface area contributed by atoms with Crippen LogP contribution in [0.1, 0.15) is 5.69 Å². The van der Waals surface area contributed by atoms with E-state index in [-0.39, 0.29) is 41.4 Å². The van der Waals surface area contributed by atoms with E-state index in [1.807, 2.05) is 0 Å². The van der Waals surface area contributed by atoms with E-state index < -0.39 is 15.0 Å². The maximum atomic E-state index is 11.3. The van der Waals surface area contributed by atoms with Crippen LogP contribution in [-0.2, 0) is 10.1 Å². The number of hydrogen-bond donors (Lipinski definition) is 5. The second-order valence-electron chi connectivity index (χ2n) is 7.63. The number of benzene rings is 2. The highest BCUT2D eigenvalue weighted by Crippen LogP contribution is 2.36. The van der Waals surface area contributed by atoms with Gasteiger partial charge in [0.2, 0.25) is 0 Å². The highest BCUT2D eigenvalue weighted by atomic mass is 35.5. The first kappa shape index (κ1) is 31.9. The largest absolute Gasteiger partial charge is 0.395 e. The predicted octanol–water partition coefficient (Wildman–Crippen LogP) is 3.65. The van der Waals surface area contributed by atoms with Crippen molar-refractivity contribution >= 4 is 62.1 Å². The van der Waals surface area contributed by atoms with E-state index in [2.05, 4.69) is 15.3 Å². The van der Waals surface area contributed by atoms with E-state index in [9.17, 15) is 8.42 Å². The number of aryl methyl sites for hydroxylation is 1. The number of nitrogens with two attached hydrogens (primary N) is 1. The zero-order valence-electron chi connectivity index (χ0n) is 20.2. The Morgan fingerprint density at radius 3 is 2.00 bits per heavy atom. The van der Waals surface area contributed by atoms with Gasteiger partial charge in [-0.25, -0.2) is 4.68 Å². The molecular weight excluding hydrogens is 583 g/mol. The fourth-order valence-electron chi connectivity index (χ4n) is 3.10. The molecular formula is C22H27Cl3N6O6S. The van der Waals surface area contributed by atoms with E-state index in [0.29, 0.717) is 41.7 Å². The number of rotatable bonds is 10. The molecule has 0 saturated heterocycles. The summed E-state index contributed by atoms with van der Waals surface area (Å²) in [5.41, 5.74) is 7.72. The number of azo groups is 1. The third-order valence-corrected chi connectivity index (χ3v) is 6.79. The Kier molecular flexibility index (Phi) is 12.4. The second-order valence-corrected chi connectivity index (χ2v) is 10.3. The van der Waals surface area contributed by atoms with Crippen LogP contribution >= 0.6 is 34.8 Å². The van der Waals surface area contributed by atoms with Crippen LogP contribution in [0, 0.1) is 6.92 Å². The number of aromatic nitrogens is 2. The first-order valence-corrected chi connectivity index (χ1v) is 13.5. The number of hydrogen-bond acceptors (Lipinski definition) is 10. The molecule has 0 bridgehead atoms. The number of halogens is 3. The van der Waals surface area contributed by atoms with Crippen LogP contribution in [-0.4, -0.2) is 82.4 Å². The molecule has 0 fully saturated rings. The van der Waals surface area contributed by atoms with Gasteiger partial charge in [-0.3, -0.25) is 9.45 Å². The molecule has 1 heterocycles. The summed E-state index contributed by atoms with van der Waals surface area (Å²) in [4.78, 5) is 1.27. The molecule has 0 unspecified atom stereocenters. The summed E-state index contributed by atoms with van der Waals surface area (Å²) in [6, 6.07) is 9.06. The number of nitrogens with zero attached hydrogens (tertiary/aromatic N) is 5. The van der Waals surface area contributed by atoms with Gasteiger partial charge in [-0.2, -0.15) is 13.5 Å². The quantitative estimate of drug-likeness (QED) is 0.169. The first-order valence-electron chi connectivity index (χ1n) is 11.0. The Bertz CT molecular complexity index is 1340. The molecule has 12 nitrogen and oxygen atoms in total. The van der Waals surface area contributed by atoms with Crippen molar-refractivity contribution in [3.05, 3.63) is 57.2 Å². The minimum atomic E-state index is -4.52. The van der Waals surface area contributed by atoms with Crippen molar-refractivity contribution in [3.8, 4) is 5.69 Å². The monoisotopic (exact) mass is 608 g/mol. The maximum Gasteiger partial charge on any atom is 0.296 e. The van der Waals surface area contributed by atoms with Gasteiger partial charge in [-0.1, -0.05) is 34.8 Å². The van der Waals surface area contributed by atoms with Crippen molar-refractivity contribution in [1.82, 2.24) is 14.7 Å². The molecule has 16 heteroatoms. The number of nitrogen functional groups attached to an aromatic ring is 1. The lowest BCUT2D eigenvalue weighted by Gasteiger charge is -2.17. The van der Waals surface area contributed by atoms with Crippen molar-refractivity contribution < 1.29 is 28.3 Å². The predicted molar refractivity (Wildman–Crippen MR) is 146 cm³/mol. The lowest BCUT2D eigenvalue weighted by atomic mass is 10.3. The molecule has 0 saturated carbocycles. The summed E-state index contributed by atoms with van der Waals surface area (Å²) in [5, 5.41) is 38.1. The molecule has 208 valence electrons. The lowest BCUT2D eigenvalue weighted by Crippen LogP contribution is -2.32. The minimum absolute atomic E-state index is 0.0675. The van der Waals surface area contributed by atoms with Crippen LogP contribution in [0.25, 0.3) is 5.69 Å². The van der Waals surface area contributed by atoms with E-state index in [0.717, 1.165) is 6.07 Å². The average molecular weight is 610 g/mol. The molecule has 3 aromatic rings. The number of aliphatic hydroxyl groups is 3. The van der Waals surface area contributed by atoms with Crippen molar-refractivity contribution in [2.45, 2.75) is 11.8 Å². The van der Waals surface area contributed by atoms with Crippen LogP contribution < -0.4 is 5.73 Å². The lowest BCUT2D eigenvalue weighted by molar-refractivity contribution is 0.136. The molecule has 38 heavy (non-hydrogen) atoms. The molecule has 0 aliphatic carbocycles. The number of anilines is 1. The summed E-state index contributed by atoms with van der Waals surface area (Å²) in [7, 11) is -4.52. The zero-order valence-corrected chi connectivity index (χ0v) is 23.3. The Labute approximate surface area is 234 Å². The fourth-order valence-corrected chi connectivity index (χ4v) is 4.51. The van der Waals surface area contributed by atoms with Gasteiger partial charge in [0.25, 0.3) is 10.1 Å². The van der Waals surface area contributed by atoms with Crippen molar-refractivity contribution in [1.29, 1.82) is 0 Å². The molecule has 2 aromatic carbocycles. The second kappa shape index (κ2) is 14.7. The summed E-state index contributed by atoms with van der Waals surface area (Å²) in [5.74, 6) is 0.236. The Hall–Kier alpha value is -2.33. The van der Waals surface area contributed by atoms with Gasteiger partial charge in [0.15, 0.2) is 11.5 Å². The zero-order chi connectivity index (χ0) is 28.5. The normalized spacial score (nSPS) is 11.7. The minimum Gasteiger partial charge on any atom is -0.395 e. The molecule has 1 aromatic heterocycles. The molecule has 3 rings (SSSR count). The standard InChI is InChI=1S/C16H12Cl3N5O3S.C6H15NO3/c1-8-15(16(20)24(23-8)10-4-2-9(17)3-5-10)22-21-13-6-12(19)14(7-11(13)18)28(25,26)27;8-4-1-7(2-5-9)3-6-10/h2-7H,20H2,1H3,(H,25,26,27);8-10H,1-6H2. The van der Waals surface area contributed by atoms with Crippen molar-refractivity contribution in [2.75, 3.05) is 45.2 Å². The Balaban J connectivity index is 0.000000432. The van der Waals surface area contributed by atoms with Crippen LogP contribution in [0.3, 0.4) is 0 Å².